The molecule has 130 valence electrons. The zero-order chi connectivity index (χ0) is 17.5. The Balaban J connectivity index is 2.01. The van der Waals surface area contributed by atoms with Gasteiger partial charge >= 0.3 is 0 Å². The zero-order valence-electron chi connectivity index (χ0n) is 14.2. The maximum Gasteiger partial charge on any atom is 0.161 e. The molecule has 0 amide bonds. The van der Waals surface area contributed by atoms with E-state index in [0.29, 0.717) is 22.4 Å². The van der Waals surface area contributed by atoms with Crippen LogP contribution in [0.2, 0.25) is 5.02 Å². The average Bonchev–Trinajstić information content (AvgIpc) is 2.54. The quantitative estimate of drug-likeness (QED) is 0.740. The van der Waals surface area contributed by atoms with E-state index >= 15 is 0 Å². The van der Waals surface area contributed by atoms with Gasteiger partial charge in [-0.15, -0.1) is 0 Å². The average molecular weight is 352 g/mol. The zero-order valence-corrected chi connectivity index (χ0v) is 15.0. The maximum absolute atomic E-state index is 13.1. The lowest BCUT2D eigenvalue weighted by atomic mass is 10.1. The molecule has 2 aromatic rings. The van der Waals surface area contributed by atoms with E-state index in [1.165, 1.54) is 12.1 Å². The number of hydrogen-bond donors (Lipinski definition) is 1. The number of hydrogen-bond acceptors (Lipinski definition) is 3. The maximum atomic E-state index is 13.1. The van der Waals surface area contributed by atoms with Crippen molar-refractivity contribution >= 4 is 11.6 Å². The molecule has 0 aromatic heterocycles. The van der Waals surface area contributed by atoms with E-state index in [1.54, 1.807) is 13.2 Å². The van der Waals surface area contributed by atoms with Gasteiger partial charge in [0.2, 0.25) is 0 Å². The number of methoxy groups -OCH3 is 1. The fourth-order valence-electron chi connectivity index (χ4n) is 2.24. The molecule has 0 radical (unpaired) electrons. The van der Waals surface area contributed by atoms with Gasteiger partial charge in [0.05, 0.1) is 12.1 Å². The van der Waals surface area contributed by atoms with Crippen molar-refractivity contribution in [1.29, 1.82) is 0 Å². The van der Waals surface area contributed by atoms with E-state index in [9.17, 15) is 4.39 Å². The van der Waals surface area contributed by atoms with Crippen molar-refractivity contribution in [2.45, 2.75) is 27.0 Å². The molecule has 0 aliphatic carbocycles. The van der Waals surface area contributed by atoms with Crippen molar-refractivity contribution in [3.05, 3.63) is 58.4 Å². The molecule has 0 atom stereocenters. The summed E-state index contributed by atoms with van der Waals surface area (Å²) in [5.74, 6) is 1.54. The smallest absolute Gasteiger partial charge is 0.161 e. The standard InChI is InChI=1S/C19H23ClFNO2/c1-13(2)10-22-11-14-4-7-18(19(8-14)23-3)24-12-15-5-6-16(21)9-17(15)20/h4-9,13,22H,10-12H2,1-3H3. The van der Waals surface area contributed by atoms with Crippen LogP contribution in [0.25, 0.3) is 0 Å². The molecule has 0 saturated heterocycles. The van der Waals surface area contributed by atoms with E-state index in [1.807, 2.05) is 18.2 Å². The summed E-state index contributed by atoms with van der Waals surface area (Å²) in [5.41, 5.74) is 1.85. The SMILES string of the molecule is COc1cc(CNCC(C)C)ccc1OCc1ccc(F)cc1Cl. The summed E-state index contributed by atoms with van der Waals surface area (Å²) in [6, 6.07) is 10.1. The van der Waals surface area contributed by atoms with Gasteiger partial charge in [-0.05, 0) is 42.3 Å². The molecular weight excluding hydrogens is 329 g/mol. The second-order valence-corrected chi connectivity index (χ2v) is 6.44. The van der Waals surface area contributed by atoms with Crippen LogP contribution in [0.3, 0.4) is 0 Å². The van der Waals surface area contributed by atoms with Crippen LogP contribution in [-0.4, -0.2) is 13.7 Å². The number of rotatable bonds is 8. The van der Waals surface area contributed by atoms with Crippen LogP contribution >= 0.6 is 11.6 Å². The van der Waals surface area contributed by atoms with E-state index in [-0.39, 0.29) is 12.4 Å². The topological polar surface area (TPSA) is 30.5 Å². The Labute approximate surface area is 147 Å². The van der Waals surface area contributed by atoms with Gasteiger partial charge in [-0.3, -0.25) is 0 Å². The number of nitrogens with one attached hydrogen (secondary N) is 1. The second-order valence-electron chi connectivity index (χ2n) is 6.03. The minimum Gasteiger partial charge on any atom is -0.493 e. The van der Waals surface area contributed by atoms with Crippen LogP contribution in [0.1, 0.15) is 25.0 Å². The Morgan fingerprint density at radius 3 is 2.58 bits per heavy atom. The molecule has 0 aliphatic heterocycles. The highest BCUT2D eigenvalue weighted by atomic mass is 35.5. The molecule has 0 spiro atoms. The van der Waals surface area contributed by atoms with Gasteiger partial charge in [0.1, 0.15) is 12.4 Å². The molecule has 2 aromatic carbocycles. The Bertz CT molecular complexity index is 676. The van der Waals surface area contributed by atoms with Gasteiger partial charge in [-0.1, -0.05) is 37.6 Å². The highest BCUT2D eigenvalue weighted by Gasteiger charge is 2.08. The van der Waals surface area contributed by atoms with E-state index < -0.39 is 0 Å². The summed E-state index contributed by atoms with van der Waals surface area (Å²) in [5, 5.41) is 3.74. The number of ether oxygens (including phenoxy) is 2. The minimum atomic E-state index is -0.361. The van der Waals surface area contributed by atoms with E-state index in [2.05, 4.69) is 19.2 Å². The first-order valence-electron chi connectivity index (χ1n) is 7.94. The lowest BCUT2D eigenvalue weighted by Gasteiger charge is -2.14. The highest BCUT2D eigenvalue weighted by molar-refractivity contribution is 6.31. The molecule has 24 heavy (non-hydrogen) atoms. The fourth-order valence-corrected chi connectivity index (χ4v) is 2.46. The second kappa shape index (κ2) is 8.90. The Kier molecular flexibility index (Phi) is 6.88. The molecule has 5 heteroatoms. The fraction of sp³-hybridized carbons (Fsp3) is 0.368. The summed E-state index contributed by atoms with van der Waals surface area (Å²) in [4.78, 5) is 0. The Hall–Kier alpha value is -1.78. The first-order chi connectivity index (χ1) is 11.5. The summed E-state index contributed by atoms with van der Waals surface area (Å²) >= 11 is 6.02. The monoisotopic (exact) mass is 351 g/mol. The number of halogens is 2. The van der Waals surface area contributed by atoms with Crippen molar-refractivity contribution in [2.24, 2.45) is 5.92 Å². The lowest BCUT2D eigenvalue weighted by molar-refractivity contribution is 0.284. The molecule has 0 bridgehead atoms. The van der Waals surface area contributed by atoms with Crippen molar-refractivity contribution in [1.82, 2.24) is 5.32 Å². The third-order valence-corrected chi connectivity index (χ3v) is 3.86. The van der Waals surface area contributed by atoms with Gasteiger partial charge in [0, 0.05) is 12.1 Å². The van der Waals surface area contributed by atoms with E-state index in [4.69, 9.17) is 21.1 Å². The highest BCUT2D eigenvalue weighted by Crippen LogP contribution is 2.29. The third-order valence-electron chi connectivity index (χ3n) is 3.51. The molecule has 0 heterocycles. The Morgan fingerprint density at radius 1 is 1.12 bits per heavy atom. The van der Waals surface area contributed by atoms with Crippen molar-refractivity contribution < 1.29 is 13.9 Å². The summed E-state index contributed by atoms with van der Waals surface area (Å²) < 4.78 is 24.3. The normalized spacial score (nSPS) is 10.9. The van der Waals surface area contributed by atoms with Crippen molar-refractivity contribution in [3.8, 4) is 11.5 Å². The van der Waals surface area contributed by atoms with Crippen molar-refractivity contribution in [3.63, 3.8) is 0 Å². The summed E-state index contributed by atoms with van der Waals surface area (Å²) in [6.45, 7) is 6.33. The first kappa shape index (κ1) is 18.6. The summed E-state index contributed by atoms with van der Waals surface area (Å²) in [6.07, 6.45) is 0. The largest absolute Gasteiger partial charge is 0.493 e. The molecule has 3 nitrogen and oxygen atoms in total. The summed E-state index contributed by atoms with van der Waals surface area (Å²) in [7, 11) is 1.61. The Morgan fingerprint density at radius 2 is 1.92 bits per heavy atom. The predicted molar refractivity (Wildman–Crippen MR) is 95.3 cm³/mol. The van der Waals surface area contributed by atoms with Crippen LogP contribution in [0.4, 0.5) is 4.39 Å². The van der Waals surface area contributed by atoms with Gasteiger partial charge in [0.15, 0.2) is 11.5 Å². The molecule has 0 saturated carbocycles. The molecule has 1 N–H and O–H groups in total. The molecule has 2 rings (SSSR count). The van der Waals surface area contributed by atoms with Gasteiger partial charge in [0.25, 0.3) is 0 Å². The lowest BCUT2D eigenvalue weighted by Crippen LogP contribution is -2.18. The van der Waals surface area contributed by atoms with Gasteiger partial charge in [-0.25, -0.2) is 4.39 Å². The molecular formula is C19H23ClFNO2. The van der Waals surface area contributed by atoms with Gasteiger partial charge in [-0.2, -0.15) is 0 Å². The third kappa shape index (κ3) is 5.39. The molecule has 0 aliphatic rings. The number of benzene rings is 2. The molecule has 0 fully saturated rings. The van der Waals surface area contributed by atoms with Crippen LogP contribution in [0.15, 0.2) is 36.4 Å². The van der Waals surface area contributed by atoms with Crippen LogP contribution in [0, 0.1) is 11.7 Å². The van der Waals surface area contributed by atoms with Crippen molar-refractivity contribution in [2.75, 3.05) is 13.7 Å². The molecule has 0 unspecified atom stereocenters. The van der Waals surface area contributed by atoms with E-state index in [0.717, 1.165) is 24.2 Å². The van der Waals surface area contributed by atoms with Crippen LogP contribution < -0.4 is 14.8 Å². The van der Waals surface area contributed by atoms with Gasteiger partial charge < -0.3 is 14.8 Å². The minimum absolute atomic E-state index is 0.250. The van der Waals surface area contributed by atoms with Crippen LogP contribution in [0.5, 0.6) is 11.5 Å². The first-order valence-corrected chi connectivity index (χ1v) is 8.31. The van der Waals surface area contributed by atoms with Crippen LogP contribution in [-0.2, 0) is 13.2 Å². The predicted octanol–water partition coefficient (Wildman–Crippen LogP) is 4.81.